The van der Waals surface area contributed by atoms with Crippen LogP contribution in [-0.4, -0.2) is 65.7 Å². The van der Waals surface area contributed by atoms with E-state index in [1.807, 2.05) is 60.5 Å². The minimum atomic E-state index is -3.02. The van der Waals surface area contributed by atoms with E-state index in [1.54, 1.807) is 24.5 Å². The summed E-state index contributed by atoms with van der Waals surface area (Å²) in [5, 5.41) is -0.540. The topological polar surface area (TPSA) is 99.2 Å². The lowest BCUT2D eigenvalue weighted by Crippen LogP contribution is -2.54. The summed E-state index contributed by atoms with van der Waals surface area (Å²) in [5.41, 5.74) is 9.59. The van der Waals surface area contributed by atoms with E-state index in [9.17, 15) is 13.6 Å². The van der Waals surface area contributed by atoms with Gasteiger partial charge in [-0.15, -0.1) is 0 Å². The normalized spacial score (nSPS) is 18.8. The van der Waals surface area contributed by atoms with E-state index in [1.165, 1.54) is 6.07 Å². The maximum Gasteiger partial charge on any atom is 0.387 e. The molecule has 2 aliphatic heterocycles. The summed E-state index contributed by atoms with van der Waals surface area (Å²) >= 11 is 0. The highest BCUT2D eigenvalue weighted by atomic mass is 19.3. The number of ether oxygens (including phenoxy) is 1. The van der Waals surface area contributed by atoms with Gasteiger partial charge in [0, 0.05) is 35.5 Å². The zero-order valence-electron chi connectivity index (χ0n) is 22.4. The van der Waals surface area contributed by atoms with E-state index in [0.29, 0.717) is 23.4 Å². The van der Waals surface area contributed by atoms with Gasteiger partial charge in [0.1, 0.15) is 40.9 Å². The number of nitrogens with two attached hydrogens (primary N) is 1. The van der Waals surface area contributed by atoms with Crippen LogP contribution >= 0.6 is 0 Å². The second-order valence-electron chi connectivity index (χ2n) is 11.8. The minimum absolute atomic E-state index is 0.00889. The number of alkyl halides is 2. The Morgan fingerprint density at radius 3 is 2.44 bits per heavy atom. The number of halogens is 2. The Kier molecular flexibility index (Phi) is 5.66. The number of benzene rings is 2. The second kappa shape index (κ2) is 8.64. The maximum absolute atomic E-state index is 13.9. The lowest BCUT2D eigenvalue weighted by molar-refractivity contribution is -0.0507. The Morgan fingerprint density at radius 2 is 1.79 bits per heavy atom. The Labute approximate surface area is 227 Å². The fourth-order valence-electron chi connectivity index (χ4n) is 5.87. The molecule has 4 aromatic rings. The van der Waals surface area contributed by atoms with Gasteiger partial charge in [-0.2, -0.15) is 8.78 Å². The van der Waals surface area contributed by atoms with E-state index in [-0.39, 0.29) is 17.7 Å². The van der Waals surface area contributed by atoms with Gasteiger partial charge in [-0.05, 0) is 48.9 Å². The molecule has 39 heavy (non-hydrogen) atoms. The van der Waals surface area contributed by atoms with Gasteiger partial charge >= 0.3 is 6.61 Å². The van der Waals surface area contributed by atoms with Gasteiger partial charge in [0.05, 0.1) is 28.7 Å². The quantitative estimate of drug-likeness (QED) is 0.394. The molecular weight excluding hydrogens is 499 g/mol. The molecule has 2 aliphatic rings. The highest BCUT2D eigenvalue weighted by Crippen LogP contribution is 2.51. The van der Waals surface area contributed by atoms with Crippen molar-refractivity contribution in [2.45, 2.75) is 49.7 Å². The number of hydrogen-bond acceptors (Lipinski definition) is 6. The first-order chi connectivity index (χ1) is 18.3. The Bertz CT molecular complexity index is 1620. The van der Waals surface area contributed by atoms with Crippen LogP contribution in [0.4, 0.5) is 8.78 Å². The summed E-state index contributed by atoms with van der Waals surface area (Å²) in [7, 11) is 5.92. The molecule has 2 atom stereocenters. The first-order valence-corrected chi connectivity index (χ1v) is 12.9. The van der Waals surface area contributed by atoms with Gasteiger partial charge in [-0.25, -0.2) is 15.0 Å². The number of imidazole rings is 1. The molecule has 0 saturated heterocycles. The fourth-order valence-corrected chi connectivity index (χ4v) is 5.87. The molecule has 4 heterocycles. The molecule has 0 unspecified atom stereocenters. The van der Waals surface area contributed by atoms with Crippen LogP contribution in [0.1, 0.15) is 59.9 Å². The lowest BCUT2D eigenvalue weighted by Gasteiger charge is -2.40. The number of rotatable bonds is 5. The van der Waals surface area contributed by atoms with E-state index >= 15 is 0 Å². The third kappa shape index (κ3) is 4.10. The Morgan fingerprint density at radius 1 is 1.08 bits per heavy atom. The molecule has 0 spiro atoms. The van der Waals surface area contributed by atoms with E-state index < -0.39 is 23.4 Å². The number of hydrogen-bond donors (Lipinski definition) is 1. The third-order valence-electron chi connectivity index (χ3n) is 7.43. The van der Waals surface area contributed by atoms with Gasteiger partial charge in [0.25, 0.3) is 5.91 Å². The largest absolute Gasteiger partial charge is 0.434 e. The molecule has 2 aromatic heterocycles. The second-order valence-corrected chi connectivity index (χ2v) is 11.8. The highest BCUT2D eigenvalue weighted by Gasteiger charge is 2.48. The molecule has 13 heteroatoms. The first kappa shape index (κ1) is 25.5. The molecular formula is C26H27B3F2N6O2. The first-order valence-electron chi connectivity index (χ1n) is 12.9. The van der Waals surface area contributed by atoms with Crippen molar-refractivity contribution in [1.29, 1.82) is 0 Å². The van der Waals surface area contributed by atoms with Crippen molar-refractivity contribution in [2.75, 3.05) is 0 Å². The van der Waals surface area contributed by atoms with E-state index in [0.717, 1.165) is 28.0 Å². The molecule has 0 radical (unpaired) electrons. The van der Waals surface area contributed by atoms with E-state index in [4.69, 9.17) is 15.5 Å². The Balaban J connectivity index is 1.56. The summed E-state index contributed by atoms with van der Waals surface area (Å²) in [5.74, 6) is 1.06. The van der Waals surface area contributed by atoms with Gasteiger partial charge in [0.2, 0.25) is 0 Å². The molecule has 2 aromatic carbocycles. The van der Waals surface area contributed by atoms with Crippen LogP contribution in [0.2, 0.25) is 0 Å². The van der Waals surface area contributed by atoms with Crippen molar-refractivity contribution in [2.24, 2.45) is 5.73 Å². The van der Waals surface area contributed by atoms with Crippen molar-refractivity contribution in [3.63, 3.8) is 0 Å². The van der Waals surface area contributed by atoms with E-state index in [2.05, 4.69) is 14.5 Å². The van der Waals surface area contributed by atoms with Crippen molar-refractivity contribution in [3.8, 4) is 16.9 Å². The van der Waals surface area contributed by atoms with Crippen molar-refractivity contribution in [3.05, 3.63) is 71.6 Å². The molecule has 2 N–H and O–H groups in total. The zero-order valence-corrected chi connectivity index (χ0v) is 22.4. The summed E-state index contributed by atoms with van der Waals surface area (Å²) in [6.45, 7) is 0.678. The molecule has 8 nitrogen and oxygen atoms in total. The number of fused-ring (bicyclic) bond motifs is 9. The average Bonchev–Trinajstić information content (AvgIpc) is 3.35. The molecule has 6 rings (SSSR count). The number of amides is 1. The van der Waals surface area contributed by atoms with Crippen LogP contribution in [-0.2, 0) is 5.54 Å². The standard InChI is InChI=1S/C26H27B3F2N6O2/c1-25(2,32)23-33-10-13(11-34-23)12-6-7-15-16(8-12)36-17-9-18(21(36)35-15)37(26(27,28)29)22(38)14-4-3-5-19(20(14)17)39-24(30)31/h3-8,10-11,17-18,24H,9,27-29,32H2,1-2H3/t17-,18-/m1/s1. The van der Waals surface area contributed by atoms with Crippen molar-refractivity contribution >= 4 is 40.5 Å². The molecule has 2 bridgehead atoms. The molecule has 0 saturated carbocycles. The predicted molar refractivity (Wildman–Crippen MR) is 151 cm³/mol. The van der Waals surface area contributed by atoms with Crippen molar-refractivity contribution < 1.29 is 18.3 Å². The van der Waals surface area contributed by atoms with Crippen LogP contribution in [0.15, 0.2) is 48.8 Å². The molecule has 1 amide bonds. The average molecular weight is 526 g/mol. The summed E-state index contributed by atoms with van der Waals surface area (Å²) < 4.78 is 34.0. The SMILES string of the molecule is BC(B)(B)N1C(=O)c2cccc(OC(F)F)c2[C@H]2C[C@@H]1c1nc3ccc(-c4cnc(C(C)(C)N)nc4)cc3n12. The van der Waals surface area contributed by atoms with Gasteiger partial charge in [-0.1, -0.05) is 12.1 Å². The number of nitrogens with zero attached hydrogens (tertiary/aromatic N) is 5. The zero-order chi connectivity index (χ0) is 27.9. The Hall–Kier alpha value is -3.73. The maximum atomic E-state index is 13.9. The number of carbonyl (C=O) groups excluding carboxylic acids is 1. The predicted octanol–water partition coefficient (Wildman–Crippen LogP) is 1.29. The summed E-state index contributed by atoms with van der Waals surface area (Å²) in [6, 6.07) is 9.92. The van der Waals surface area contributed by atoms with Crippen LogP contribution in [0, 0.1) is 0 Å². The summed E-state index contributed by atoms with van der Waals surface area (Å²) in [4.78, 5) is 29.6. The monoisotopic (exact) mass is 526 g/mol. The van der Waals surface area contributed by atoms with Crippen LogP contribution in [0.25, 0.3) is 22.2 Å². The number of aromatic nitrogens is 4. The van der Waals surface area contributed by atoms with Crippen LogP contribution < -0.4 is 10.5 Å². The molecule has 0 aliphatic carbocycles. The molecule has 196 valence electrons. The van der Waals surface area contributed by atoms with Gasteiger partial charge in [0.15, 0.2) is 0 Å². The van der Waals surface area contributed by atoms with Gasteiger partial charge in [-0.3, -0.25) is 4.79 Å². The van der Waals surface area contributed by atoms with Crippen LogP contribution in [0.5, 0.6) is 5.75 Å². The summed E-state index contributed by atoms with van der Waals surface area (Å²) in [6.07, 6.45) is 3.99. The lowest BCUT2D eigenvalue weighted by atomic mass is 9.48. The third-order valence-corrected chi connectivity index (χ3v) is 7.43. The minimum Gasteiger partial charge on any atom is -0.434 e. The fraction of sp³-hybridized carbons (Fsp3) is 0.308. The van der Waals surface area contributed by atoms with Crippen LogP contribution in [0.3, 0.4) is 0 Å². The van der Waals surface area contributed by atoms with Gasteiger partial charge < -0.3 is 19.9 Å². The highest BCUT2D eigenvalue weighted by molar-refractivity contribution is 6.60. The van der Waals surface area contributed by atoms with Crippen molar-refractivity contribution in [1.82, 2.24) is 24.4 Å². The number of carbonyl (C=O) groups is 1. The molecule has 0 fully saturated rings. The smallest absolute Gasteiger partial charge is 0.387 e.